The van der Waals surface area contributed by atoms with Gasteiger partial charge in [-0.15, -0.1) is 5.10 Å². The number of rotatable bonds is 5. The Morgan fingerprint density at radius 2 is 1.81 bits per heavy atom. The zero-order valence-electron chi connectivity index (χ0n) is 17.6. The maximum Gasteiger partial charge on any atom is 0.322 e. The minimum Gasteiger partial charge on any atom is -0.401 e. The molecule has 11 heteroatoms. The Bertz CT molecular complexity index is 1190. The van der Waals surface area contributed by atoms with Gasteiger partial charge in [-0.25, -0.2) is 8.42 Å². The van der Waals surface area contributed by atoms with Crippen molar-refractivity contribution in [3.63, 3.8) is 0 Å². The molecule has 0 aliphatic carbocycles. The predicted octanol–water partition coefficient (Wildman–Crippen LogP) is 2.13. The first-order chi connectivity index (χ1) is 14.7. The summed E-state index contributed by atoms with van der Waals surface area (Å²) in [5.74, 6) is -0.333. The number of amides is 1. The molecule has 0 spiro atoms. The van der Waals surface area contributed by atoms with Crippen LogP contribution in [0.3, 0.4) is 0 Å². The van der Waals surface area contributed by atoms with Crippen LogP contribution in [0.4, 0.5) is 6.01 Å². The van der Waals surface area contributed by atoms with Crippen LogP contribution in [0.25, 0.3) is 11.6 Å². The van der Waals surface area contributed by atoms with Gasteiger partial charge in [0.15, 0.2) is 0 Å². The van der Waals surface area contributed by atoms with Gasteiger partial charge in [0.05, 0.1) is 10.6 Å². The average molecular weight is 445 g/mol. The Hall–Kier alpha value is -3.05. The van der Waals surface area contributed by atoms with Crippen molar-refractivity contribution in [2.45, 2.75) is 31.6 Å². The number of sulfonamides is 1. The second kappa shape index (κ2) is 8.23. The lowest BCUT2D eigenvalue weighted by Gasteiger charge is -2.30. The first-order valence-electron chi connectivity index (χ1n) is 9.96. The number of nitrogens with zero attached hydrogens (tertiary/aromatic N) is 5. The van der Waals surface area contributed by atoms with Crippen molar-refractivity contribution < 1.29 is 17.6 Å². The van der Waals surface area contributed by atoms with E-state index in [0.29, 0.717) is 18.5 Å². The molecule has 1 fully saturated rings. The summed E-state index contributed by atoms with van der Waals surface area (Å²) in [7, 11) is -1.80. The number of carbonyl (C=O) groups excluding carboxylic acids is 1. The van der Waals surface area contributed by atoms with Gasteiger partial charge in [0, 0.05) is 26.1 Å². The van der Waals surface area contributed by atoms with Crippen LogP contribution in [0.15, 0.2) is 39.6 Å². The number of piperidine rings is 1. The smallest absolute Gasteiger partial charge is 0.322 e. The molecule has 10 nitrogen and oxygen atoms in total. The van der Waals surface area contributed by atoms with E-state index in [0.717, 1.165) is 11.3 Å². The number of aryl methyl sites for hydroxylation is 3. The van der Waals surface area contributed by atoms with E-state index >= 15 is 0 Å². The van der Waals surface area contributed by atoms with Crippen molar-refractivity contribution in [1.82, 2.24) is 24.3 Å². The van der Waals surface area contributed by atoms with E-state index in [-0.39, 0.29) is 41.7 Å². The van der Waals surface area contributed by atoms with Gasteiger partial charge in [-0.3, -0.25) is 14.8 Å². The van der Waals surface area contributed by atoms with E-state index in [1.807, 2.05) is 19.9 Å². The molecule has 0 unspecified atom stereocenters. The van der Waals surface area contributed by atoms with Crippen molar-refractivity contribution in [2.75, 3.05) is 18.4 Å². The third kappa shape index (κ3) is 4.37. The molecular formula is C20H24N6O4S. The van der Waals surface area contributed by atoms with Gasteiger partial charge in [0.1, 0.15) is 5.69 Å². The van der Waals surface area contributed by atoms with Crippen molar-refractivity contribution >= 4 is 21.9 Å². The van der Waals surface area contributed by atoms with Crippen LogP contribution >= 0.6 is 0 Å². The topological polar surface area (TPSA) is 123 Å². The third-order valence-electron chi connectivity index (χ3n) is 5.36. The van der Waals surface area contributed by atoms with E-state index in [9.17, 15) is 13.2 Å². The second-order valence-electron chi connectivity index (χ2n) is 7.69. The lowest BCUT2D eigenvalue weighted by molar-refractivity contribution is -0.121. The highest BCUT2D eigenvalue weighted by molar-refractivity contribution is 7.89. The Morgan fingerprint density at radius 3 is 2.42 bits per heavy atom. The summed E-state index contributed by atoms with van der Waals surface area (Å²) in [5, 5.41) is 14.7. The average Bonchev–Trinajstić information content (AvgIpc) is 3.33. The fourth-order valence-electron chi connectivity index (χ4n) is 3.61. The molecule has 4 rings (SSSR count). The highest BCUT2D eigenvalue weighted by Crippen LogP contribution is 2.26. The molecule has 1 aliphatic rings. The van der Waals surface area contributed by atoms with Crippen LogP contribution < -0.4 is 5.32 Å². The molecule has 31 heavy (non-hydrogen) atoms. The summed E-state index contributed by atoms with van der Waals surface area (Å²) < 4.78 is 34.2. The van der Waals surface area contributed by atoms with E-state index in [2.05, 4.69) is 20.6 Å². The molecule has 0 radical (unpaired) electrons. The van der Waals surface area contributed by atoms with Crippen molar-refractivity contribution in [3.8, 4) is 11.6 Å². The molecule has 1 saturated heterocycles. The zero-order valence-corrected chi connectivity index (χ0v) is 18.4. The molecule has 2 aromatic heterocycles. The number of nitrogens with one attached hydrogen (secondary N) is 1. The maximum absolute atomic E-state index is 12.8. The SMILES string of the molecule is Cc1ccc(S(=O)(=O)N2CCC(C(=O)Nc3nnc(-c4cc(C)nn4C)o3)CC2)cc1. The Kier molecular flexibility index (Phi) is 5.63. The van der Waals surface area contributed by atoms with Gasteiger partial charge in [-0.2, -0.15) is 9.40 Å². The summed E-state index contributed by atoms with van der Waals surface area (Å²) in [6.45, 7) is 4.31. The lowest BCUT2D eigenvalue weighted by atomic mass is 9.97. The van der Waals surface area contributed by atoms with Crippen LogP contribution in [0, 0.1) is 19.8 Å². The predicted molar refractivity (Wildman–Crippen MR) is 113 cm³/mol. The summed E-state index contributed by atoms with van der Waals surface area (Å²) in [6.07, 6.45) is 0.831. The summed E-state index contributed by atoms with van der Waals surface area (Å²) in [4.78, 5) is 12.9. The Balaban J connectivity index is 1.37. The monoisotopic (exact) mass is 444 g/mol. The minimum atomic E-state index is -3.56. The van der Waals surface area contributed by atoms with Crippen LogP contribution in [-0.4, -0.2) is 51.7 Å². The number of anilines is 1. The number of benzene rings is 1. The number of aromatic nitrogens is 4. The molecule has 0 saturated carbocycles. The lowest BCUT2D eigenvalue weighted by Crippen LogP contribution is -2.41. The summed E-state index contributed by atoms with van der Waals surface area (Å²) >= 11 is 0. The third-order valence-corrected chi connectivity index (χ3v) is 7.27. The molecule has 1 aliphatic heterocycles. The minimum absolute atomic E-state index is 0.00793. The quantitative estimate of drug-likeness (QED) is 0.639. The van der Waals surface area contributed by atoms with Gasteiger partial charge >= 0.3 is 6.01 Å². The Morgan fingerprint density at radius 1 is 1.13 bits per heavy atom. The molecule has 3 aromatic rings. The van der Waals surface area contributed by atoms with Crippen molar-refractivity contribution in [2.24, 2.45) is 13.0 Å². The standard InChI is InChI=1S/C20H24N6O4S/c1-13-4-6-16(7-5-13)31(28,29)26-10-8-15(9-11-26)18(27)21-20-23-22-19(30-20)17-12-14(2)24-25(17)3/h4-7,12,15H,8-11H2,1-3H3,(H,21,23,27). The van der Waals surface area contributed by atoms with Gasteiger partial charge < -0.3 is 4.42 Å². The number of hydrogen-bond acceptors (Lipinski definition) is 7. The van der Waals surface area contributed by atoms with Crippen LogP contribution in [0.5, 0.6) is 0 Å². The van der Waals surface area contributed by atoms with Gasteiger partial charge in [-0.05, 0) is 44.9 Å². The van der Waals surface area contributed by atoms with Crippen molar-refractivity contribution in [1.29, 1.82) is 0 Å². The molecule has 1 aromatic carbocycles. The van der Waals surface area contributed by atoms with Gasteiger partial charge in [0.2, 0.25) is 15.9 Å². The summed E-state index contributed by atoms with van der Waals surface area (Å²) in [5.41, 5.74) is 2.46. The fraction of sp³-hybridized carbons (Fsp3) is 0.400. The second-order valence-corrected chi connectivity index (χ2v) is 9.63. The van der Waals surface area contributed by atoms with Crippen LogP contribution in [-0.2, 0) is 21.9 Å². The first-order valence-corrected chi connectivity index (χ1v) is 11.4. The molecule has 1 amide bonds. The van der Waals surface area contributed by atoms with Gasteiger partial charge in [-0.1, -0.05) is 22.8 Å². The maximum atomic E-state index is 12.8. The number of carbonyl (C=O) groups is 1. The van der Waals surface area contributed by atoms with Crippen LogP contribution in [0.1, 0.15) is 24.1 Å². The fourth-order valence-corrected chi connectivity index (χ4v) is 5.08. The molecular weight excluding hydrogens is 420 g/mol. The van der Waals surface area contributed by atoms with Crippen LogP contribution in [0.2, 0.25) is 0 Å². The first kappa shape index (κ1) is 21.2. The normalized spacial score (nSPS) is 15.8. The Labute approximate surface area is 180 Å². The van der Waals surface area contributed by atoms with E-state index < -0.39 is 10.0 Å². The zero-order chi connectivity index (χ0) is 22.2. The van der Waals surface area contributed by atoms with Crippen molar-refractivity contribution in [3.05, 3.63) is 41.6 Å². The highest BCUT2D eigenvalue weighted by Gasteiger charge is 2.32. The molecule has 0 atom stereocenters. The highest BCUT2D eigenvalue weighted by atomic mass is 32.2. The van der Waals surface area contributed by atoms with E-state index in [4.69, 9.17) is 4.42 Å². The molecule has 164 valence electrons. The van der Waals surface area contributed by atoms with Gasteiger partial charge in [0.25, 0.3) is 5.89 Å². The largest absolute Gasteiger partial charge is 0.401 e. The molecule has 3 heterocycles. The summed E-state index contributed by atoms with van der Waals surface area (Å²) in [6, 6.07) is 8.59. The van der Waals surface area contributed by atoms with E-state index in [1.165, 1.54) is 4.31 Å². The number of hydrogen-bond donors (Lipinski definition) is 1. The molecule has 1 N–H and O–H groups in total. The van der Waals surface area contributed by atoms with E-state index in [1.54, 1.807) is 36.0 Å². The molecule has 0 bridgehead atoms.